The Morgan fingerprint density at radius 1 is 0.720 bits per heavy atom. The molecule has 0 radical (unpaired) electrons. The molecule has 0 aliphatic rings. The molecule has 2 heteroatoms. The monoisotopic (exact) mass is 324 g/mol. The molecule has 0 unspecified atom stereocenters. The molecule has 0 fully saturated rings. The summed E-state index contributed by atoms with van der Waals surface area (Å²) >= 11 is 0. The summed E-state index contributed by atoms with van der Waals surface area (Å²) in [7, 11) is 0. The zero-order valence-electron chi connectivity index (χ0n) is 14.3. The lowest BCUT2D eigenvalue weighted by atomic mass is 10.1. The molecule has 1 aromatic heterocycles. The summed E-state index contributed by atoms with van der Waals surface area (Å²) in [4.78, 5) is 7.02. The number of aryl methyl sites for hydroxylation is 1. The summed E-state index contributed by atoms with van der Waals surface area (Å²) < 4.78 is 0. The molecule has 0 saturated heterocycles. The van der Waals surface area contributed by atoms with Crippen LogP contribution >= 0.6 is 0 Å². The highest BCUT2D eigenvalue weighted by Gasteiger charge is 2.12. The van der Waals surface area contributed by atoms with Crippen LogP contribution < -0.4 is 4.90 Å². The fourth-order valence-electron chi connectivity index (χ4n) is 3.24. The molecule has 4 rings (SSSR count). The second-order valence-electron chi connectivity index (χ2n) is 6.20. The lowest BCUT2D eigenvalue weighted by Gasteiger charge is -2.26. The van der Waals surface area contributed by atoms with Crippen molar-refractivity contribution in [3.05, 3.63) is 102 Å². The predicted molar refractivity (Wildman–Crippen MR) is 105 cm³/mol. The van der Waals surface area contributed by atoms with E-state index in [0.29, 0.717) is 0 Å². The predicted octanol–water partition coefficient (Wildman–Crippen LogP) is 5.88. The summed E-state index contributed by atoms with van der Waals surface area (Å²) in [5, 5.41) is 1.21. The van der Waals surface area contributed by atoms with Gasteiger partial charge in [-0.25, -0.2) is 0 Å². The van der Waals surface area contributed by atoms with Crippen LogP contribution in [-0.4, -0.2) is 4.98 Å². The second kappa shape index (κ2) is 6.78. The number of aromatic nitrogens is 1. The first-order valence-corrected chi connectivity index (χ1v) is 8.54. The van der Waals surface area contributed by atoms with Crippen molar-refractivity contribution in [2.24, 2.45) is 0 Å². The third-order valence-corrected chi connectivity index (χ3v) is 4.39. The number of pyridine rings is 1. The molecule has 0 bridgehead atoms. The van der Waals surface area contributed by atoms with Crippen LogP contribution in [0.5, 0.6) is 0 Å². The minimum Gasteiger partial charge on any atom is -0.337 e. The second-order valence-corrected chi connectivity index (χ2v) is 6.20. The summed E-state index contributed by atoms with van der Waals surface area (Å²) in [5.41, 5.74) is 5.77. The minimum absolute atomic E-state index is 0.803. The fourth-order valence-corrected chi connectivity index (χ4v) is 3.24. The van der Waals surface area contributed by atoms with E-state index >= 15 is 0 Å². The van der Waals surface area contributed by atoms with Gasteiger partial charge < -0.3 is 4.90 Å². The van der Waals surface area contributed by atoms with Crippen molar-refractivity contribution >= 4 is 22.3 Å². The molecular formula is C23H20N2. The van der Waals surface area contributed by atoms with Crippen molar-refractivity contribution in [2.45, 2.75) is 13.5 Å². The number of anilines is 2. The van der Waals surface area contributed by atoms with Gasteiger partial charge in [-0.2, -0.15) is 0 Å². The maximum absolute atomic E-state index is 4.67. The van der Waals surface area contributed by atoms with Crippen molar-refractivity contribution in [3.63, 3.8) is 0 Å². The molecule has 4 aromatic rings. The van der Waals surface area contributed by atoms with Crippen LogP contribution in [-0.2, 0) is 6.54 Å². The Kier molecular flexibility index (Phi) is 4.17. The van der Waals surface area contributed by atoms with Gasteiger partial charge in [0.05, 0.1) is 5.52 Å². The number of hydrogen-bond donors (Lipinski definition) is 0. The zero-order chi connectivity index (χ0) is 17.1. The molecule has 3 aromatic carbocycles. The van der Waals surface area contributed by atoms with Crippen LogP contribution in [0.25, 0.3) is 10.9 Å². The zero-order valence-corrected chi connectivity index (χ0v) is 14.3. The molecule has 25 heavy (non-hydrogen) atoms. The molecule has 0 N–H and O–H groups in total. The first-order valence-electron chi connectivity index (χ1n) is 8.54. The fraction of sp³-hybridized carbons (Fsp3) is 0.0870. The molecule has 0 spiro atoms. The van der Waals surface area contributed by atoms with E-state index in [0.717, 1.165) is 17.8 Å². The van der Waals surface area contributed by atoms with Crippen molar-refractivity contribution in [3.8, 4) is 0 Å². The number of para-hydroxylation sites is 3. The number of rotatable bonds is 4. The molecule has 0 amide bonds. The minimum atomic E-state index is 0.803. The maximum atomic E-state index is 4.67. The van der Waals surface area contributed by atoms with Gasteiger partial charge in [0.25, 0.3) is 0 Å². The van der Waals surface area contributed by atoms with Crippen LogP contribution in [0.4, 0.5) is 11.4 Å². The number of fused-ring (bicyclic) bond motifs is 1. The third kappa shape index (κ3) is 3.24. The Labute approximate surface area is 148 Å². The normalized spacial score (nSPS) is 10.8. The Balaban J connectivity index is 1.83. The maximum Gasteiger partial charge on any atom is 0.0708 e. The van der Waals surface area contributed by atoms with Gasteiger partial charge in [-0.3, -0.25) is 4.98 Å². The topological polar surface area (TPSA) is 16.1 Å². The summed E-state index contributed by atoms with van der Waals surface area (Å²) in [6.45, 7) is 2.86. The molecule has 0 saturated carbocycles. The first kappa shape index (κ1) is 15.4. The lowest BCUT2D eigenvalue weighted by Crippen LogP contribution is -2.16. The van der Waals surface area contributed by atoms with Gasteiger partial charge in [0.15, 0.2) is 0 Å². The average molecular weight is 324 g/mol. The Morgan fingerprint density at radius 3 is 1.92 bits per heavy atom. The average Bonchev–Trinajstić information content (AvgIpc) is 2.67. The van der Waals surface area contributed by atoms with Crippen LogP contribution in [0.3, 0.4) is 0 Å². The van der Waals surface area contributed by atoms with Crippen LogP contribution in [0.1, 0.15) is 11.3 Å². The number of benzene rings is 3. The van der Waals surface area contributed by atoms with E-state index in [1.807, 2.05) is 6.07 Å². The van der Waals surface area contributed by atoms with Gasteiger partial charge in [-0.05, 0) is 48.9 Å². The largest absolute Gasteiger partial charge is 0.337 e. The highest BCUT2D eigenvalue weighted by Crippen LogP contribution is 2.29. The SMILES string of the molecule is Cc1cc(CN(c2ccccc2)c2ccccc2)c2ccccc2n1. The van der Waals surface area contributed by atoms with Crippen LogP contribution in [0.2, 0.25) is 0 Å². The molecule has 122 valence electrons. The summed E-state index contributed by atoms with van der Waals surface area (Å²) in [6.07, 6.45) is 0. The molecule has 0 aliphatic heterocycles. The van der Waals surface area contributed by atoms with Crippen molar-refractivity contribution in [1.82, 2.24) is 4.98 Å². The summed E-state index contributed by atoms with van der Waals surface area (Å²) in [5.74, 6) is 0. The van der Waals surface area contributed by atoms with Gasteiger partial charge in [-0.1, -0.05) is 54.6 Å². The lowest BCUT2D eigenvalue weighted by molar-refractivity contribution is 0.977. The van der Waals surface area contributed by atoms with E-state index in [1.54, 1.807) is 0 Å². The van der Waals surface area contributed by atoms with E-state index in [-0.39, 0.29) is 0 Å². The van der Waals surface area contributed by atoms with Gasteiger partial charge in [-0.15, -0.1) is 0 Å². The van der Waals surface area contributed by atoms with E-state index < -0.39 is 0 Å². The molecule has 0 aliphatic carbocycles. The standard InChI is InChI=1S/C23H20N2/c1-18-16-19(22-14-8-9-15-23(22)24-18)17-25(20-10-4-2-5-11-20)21-12-6-3-7-13-21/h2-16H,17H2,1H3. The Bertz CT molecular complexity index is 939. The van der Waals surface area contributed by atoms with Gasteiger partial charge in [0.1, 0.15) is 0 Å². The Morgan fingerprint density at radius 2 is 1.28 bits per heavy atom. The van der Waals surface area contributed by atoms with E-state index in [1.165, 1.54) is 22.3 Å². The van der Waals surface area contributed by atoms with Crippen LogP contribution in [0, 0.1) is 6.92 Å². The number of hydrogen-bond acceptors (Lipinski definition) is 2. The van der Waals surface area contributed by atoms with Gasteiger partial charge >= 0.3 is 0 Å². The summed E-state index contributed by atoms with van der Waals surface area (Å²) in [6, 6.07) is 31.6. The third-order valence-electron chi connectivity index (χ3n) is 4.39. The van der Waals surface area contributed by atoms with Gasteiger partial charge in [0.2, 0.25) is 0 Å². The quantitative estimate of drug-likeness (QED) is 0.466. The molecule has 2 nitrogen and oxygen atoms in total. The van der Waals surface area contributed by atoms with Crippen molar-refractivity contribution in [1.29, 1.82) is 0 Å². The van der Waals surface area contributed by atoms with Gasteiger partial charge in [0, 0.05) is 29.0 Å². The Hall–Kier alpha value is -3.13. The van der Waals surface area contributed by atoms with E-state index in [4.69, 9.17) is 0 Å². The number of nitrogens with zero attached hydrogens (tertiary/aromatic N) is 2. The van der Waals surface area contributed by atoms with E-state index in [2.05, 4.69) is 102 Å². The smallest absolute Gasteiger partial charge is 0.0708 e. The van der Waals surface area contributed by atoms with E-state index in [9.17, 15) is 0 Å². The highest BCUT2D eigenvalue weighted by atomic mass is 15.1. The van der Waals surface area contributed by atoms with Crippen molar-refractivity contribution < 1.29 is 0 Å². The molecular weight excluding hydrogens is 304 g/mol. The van der Waals surface area contributed by atoms with Crippen molar-refractivity contribution in [2.75, 3.05) is 4.90 Å². The van der Waals surface area contributed by atoms with Crippen LogP contribution in [0.15, 0.2) is 91.0 Å². The highest BCUT2D eigenvalue weighted by molar-refractivity contribution is 5.83. The molecule has 0 atom stereocenters. The molecule has 1 heterocycles. The first-order chi connectivity index (χ1) is 12.3.